The van der Waals surface area contributed by atoms with Crippen molar-refractivity contribution < 1.29 is 18.1 Å². The number of benzene rings is 1. The van der Waals surface area contributed by atoms with Crippen LogP contribution in [0.4, 0.5) is 0 Å². The van der Waals surface area contributed by atoms with Gasteiger partial charge in [-0.2, -0.15) is 4.08 Å². The van der Waals surface area contributed by atoms with Crippen molar-refractivity contribution in [2.45, 2.75) is 0 Å². The number of phosphoric acid groups is 1. The summed E-state index contributed by atoms with van der Waals surface area (Å²) in [6.45, 7) is 0. The Morgan fingerprint density at radius 3 is 2.57 bits per heavy atom. The van der Waals surface area contributed by atoms with Crippen LogP contribution in [-0.2, 0) is 8.64 Å². The van der Waals surface area contributed by atoms with Crippen LogP contribution >= 0.6 is 42.9 Å². The summed E-state index contributed by atoms with van der Waals surface area (Å²) in [5.41, 5.74) is 0. The van der Waals surface area contributed by atoms with Gasteiger partial charge in [0.2, 0.25) is 0 Å². The zero-order valence-corrected chi connectivity index (χ0v) is 9.65. The Kier molecular flexibility index (Phi) is 4.07. The van der Waals surface area contributed by atoms with E-state index in [4.69, 9.17) is 40.0 Å². The van der Waals surface area contributed by atoms with E-state index in [1.54, 1.807) is 0 Å². The van der Waals surface area contributed by atoms with Crippen molar-refractivity contribution in [2.24, 2.45) is 0 Å². The predicted octanol–water partition coefficient (Wildman–Crippen LogP) is 3.64. The van der Waals surface area contributed by atoms with E-state index in [0.29, 0.717) is 0 Å². The molecular weight excluding hydrogens is 273 g/mol. The fourth-order valence-corrected chi connectivity index (χ4v) is 1.59. The second-order valence-electron chi connectivity index (χ2n) is 2.18. The SMILES string of the molecule is O=P(O)(OCl)Oc1cccc(Cl)c1Cl. The summed E-state index contributed by atoms with van der Waals surface area (Å²) in [6, 6.07) is 4.35. The topological polar surface area (TPSA) is 55.8 Å². The molecule has 1 rings (SSSR count). The molecule has 8 heteroatoms. The van der Waals surface area contributed by atoms with Gasteiger partial charge in [0.25, 0.3) is 0 Å². The molecule has 0 aliphatic rings. The molecule has 78 valence electrons. The minimum Gasteiger partial charge on any atom is -0.402 e. The van der Waals surface area contributed by atoms with Crippen LogP contribution in [-0.4, -0.2) is 4.89 Å². The number of halogens is 3. The first kappa shape index (κ1) is 12.1. The van der Waals surface area contributed by atoms with Crippen LogP contribution in [0.3, 0.4) is 0 Å². The molecule has 1 unspecified atom stereocenters. The van der Waals surface area contributed by atoms with Crippen molar-refractivity contribution >= 4 is 42.9 Å². The van der Waals surface area contributed by atoms with Gasteiger partial charge in [-0.25, -0.2) is 4.57 Å². The molecule has 0 aliphatic heterocycles. The van der Waals surface area contributed by atoms with Gasteiger partial charge in [-0.1, -0.05) is 29.3 Å². The van der Waals surface area contributed by atoms with Crippen molar-refractivity contribution in [3.05, 3.63) is 28.2 Å². The number of hydrogen-bond donors (Lipinski definition) is 1. The van der Waals surface area contributed by atoms with Crippen LogP contribution in [0.2, 0.25) is 10.0 Å². The van der Waals surface area contributed by atoms with E-state index in [2.05, 4.69) is 8.60 Å². The lowest BCUT2D eigenvalue weighted by Gasteiger charge is -2.10. The second-order valence-corrected chi connectivity index (χ2v) is 4.64. The predicted molar refractivity (Wildman–Crippen MR) is 53.9 cm³/mol. The molecule has 14 heavy (non-hydrogen) atoms. The average Bonchev–Trinajstić information content (AvgIpc) is 2.13. The number of hydrogen-bond acceptors (Lipinski definition) is 3. The molecule has 0 aliphatic carbocycles. The van der Waals surface area contributed by atoms with E-state index < -0.39 is 7.82 Å². The highest BCUT2D eigenvalue weighted by atomic mass is 35.5. The molecule has 0 radical (unpaired) electrons. The zero-order valence-electron chi connectivity index (χ0n) is 6.49. The maximum atomic E-state index is 10.9. The summed E-state index contributed by atoms with van der Waals surface area (Å²) in [4.78, 5) is 8.87. The lowest BCUT2D eigenvalue weighted by atomic mass is 10.3. The minimum atomic E-state index is -4.32. The smallest absolute Gasteiger partial charge is 0.402 e. The summed E-state index contributed by atoms with van der Waals surface area (Å²) >= 11 is 16.0. The van der Waals surface area contributed by atoms with Gasteiger partial charge in [-0.05, 0) is 12.1 Å². The fraction of sp³-hybridized carbons (Fsp3) is 0. The molecule has 0 spiro atoms. The van der Waals surface area contributed by atoms with Gasteiger partial charge >= 0.3 is 7.82 Å². The van der Waals surface area contributed by atoms with Crippen molar-refractivity contribution in [3.8, 4) is 5.75 Å². The molecule has 1 N–H and O–H groups in total. The monoisotopic (exact) mass is 276 g/mol. The van der Waals surface area contributed by atoms with E-state index in [1.807, 2.05) is 0 Å². The fourth-order valence-electron chi connectivity index (χ4n) is 0.693. The van der Waals surface area contributed by atoms with Crippen LogP contribution in [0.5, 0.6) is 5.75 Å². The van der Waals surface area contributed by atoms with Gasteiger partial charge in [0.05, 0.1) is 16.9 Å². The van der Waals surface area contributed by atoms with Gasteiger partial charge in [-0.3, -0.25) is 4.89 Å². The van der Waals surface area contributed by atoms with Crippen LogP contribution in [0.15, 0.2) is 18.2 Å². The van der Waals surface area contributed by atoms with E-state index in [9.17, 15) is 4.57 Å². The summed E-state index contributed by atoms with van der Waals surface area (Å²) in [7, 11) is -4.32. The van der Waals surface area contributed by atoms with Crippen molar-refractivity contribution in [2.75, 3.05) is 0 Å². The molecule has 0 fully saturated rings. The van der Waals surface area contributed by atoms with Gasteiger partial charge in [-0.15, -0.1) is 0 Å². The third-order valence-electron chi connectivity index (χ3n) is 1.22. The first-order chi connectivity index (χ1) is 6.46. The molecule has 0 saturated carbocycles. The Hall–Kier alpha value is 0.0400. The molecular formula is C6H4Cl3O4P. The molecule has 0 bridgehead atoms. The Labute approximate surface area is 95.1 Å². The Balaban J connectivity index is 2.98. The molecule has 4 nitrogen and oxygen atoms in total. The summed E-state index contributed by atoms with van der Waals surface area (Å²) in [5.74, 6) is -0.0781. The first-order valence-corrected chi connectivity index (χ1v) is 5.79. The Morgan fingerprint density at radius 1 is 1.36 bits per heavy atom. The summed E-state index contributed by atoms with van der Waals surface area (Å²) in [5, 5.41) is 0.205. The van der Waals surface area contributed by atoms with Gasteiger partial charge in [0.1, 0.15) is 5.02 Å². The molecule has 1 aromatic rings. The second kappa shape index (κ2) is 4.71. The van der Waals surface area contributed by atoms with E-state index in [0.717, 1.165) is 0 Å². The standard InChI is InChI=1S/C6H4Cl3O4P/c7-4-2-1-3-5(6(4)8)12-14(10,11)13-9/h1-3H,(H,10,11). The van der Waals surface area contributed by atoms with Gasteiger partial charge in [0, 0.05) is 0 Å². The minimum absolute atomic E-state index is 0.0113. The summed E-state index contributed by atoms with van der Waals surface area (Å²) in [6.07, 6.45) is 0. The maximum absolute atomic E-state index is 10.9. The number of rotatable bonds is 3. The lowest BCUT2D eigenvalue weighted by Crippen LogP contribution is -1.92. The number of phosphoric ester groups is 1. The quantitative estimate of drug-likeness (QED) is 0.857. The third kappa shape index (κ3) is 3.02. The summed E-state index contributed by atoms with van der Waals surface area (Å²) < 4.78 is 19.1. The van der Waals surface area contributed by atoms with Crippen LogP contribution in [0, 0.1) is 0 Å². The van der Waals surface area contributed by atoms with Crippen molar-refractivity contribution in [1.82, 2.24) is 0 Å². The molecule has 0 heterocycles. The Bertz CT molecular complexity index is 383. The molecule has 0 saturated heterocycles. The van der Waals surface area contributed by atoms with E-state index >= 15 is 0 Å². The Morgan fingerprint density at radius 2 is 2.00 bits per heavy atom. The zero-order chi connectivity index (χ0) is 10.8. The third-order valence-corrected chi connectivity index (χ3v) is 3.14. The largest absolute Gasteiger partial charge is 0.544 e. The normalized spacial score (nSPS) is 14.9. The van der Waals surface area contributed by atoms with Gasteiger partial charge in [0.15, 0.2) is 5.75 Å². The molecule has 0 aromatic heterocycles. The van der Waals surface area contributed by atoms with E-state index in [1.165, 1.54) is 18.2 Å². The molecule has 1 aromatic carbocycles. The molecule has 1 atom stereocenters. The highest BCUT2D eigenvalue weighted by Gasteiger charge is 2.24. The van der Waals surface area contributed by atoms with Crippen LogP contribution in [0.1, 0.15) is 0 Å². The highest BCUT2D eigenvalue weighted by Crippen LogP contribution is 2.47. The first-order valence-electron chi connectivity index (χ1n) is 3.23. The average molecular weight is 277 g/mol. The van der Waals surface area contributed by atoms with Crippen molar-refractivity contribution in [3.63, 3.8) is 0 Å². The molecule has 0 amide bonds. The van der Waals surface area contributed by atoms with E-state index in [-0.39, 0.29) is 15.8 Å². The van der Waals surface area contributed by atoms with Gasteiger partial charge < -0.3 is 4.52 Å². The van der Waals surface area contributed by atoms with Crippen LogP contribution in [0.25, 0.3) is 0 Å². The van der Waals surface area contributed by atoms with Crippen LogP contribution < -0.4 is 4.52 Å². The lowest BCUT2D eigenvalue weighted by molar-refractivity contribution is 0.300. The van der Waals surface area contributed by atoms with Crippen molar-refractivity contribution in [1.29, 1.82) is 0 Å². The maximum Gasteiger partial charge on any atom is 0.544 e. The highest BCUT2D eigenvalue weighted by molar-refractivity contribution is 7.48.